The van der Waals surface area contributed by atoms with Gasteiger partial charge in [-0.05, 0) is 26.0 Å². The Balaban J connectivity index is 2.31. The summed E-state index contributed by atoms with van der Waals surface area (Å²) in [6.45, 7) is 4.19. The molecule has 5 heteroatoms. The van der Waals surface area contributed by atoms with Gasteiger partial charge in [-0.15, -0.1) is 0 Å². The number of rotatable bonds is 3. The molecule has 0 aromatic carbocycles. The van der Waals surface area contributed by atoms with Crippen LogP contribution >= 0.6 is 0 Å². The fourth-order valence-electron chi connectivity index (χ4n) is 1.66. The Hall–Kier alpha value is -2.04. The second kappa shape index (κ2) is 4.45. The van der Waals surface area contributed by atoms with Crippen LogP contribution in [0.15, 0.2) is 22.7 Å². The molecule has 17 heavy (non-hydrogen) atoms. The molecule has 0 bridgehead atoms. The number of methoxy groups -OCH3 is 1. The van der Waals surface area contributed by atoms with Crippen LogP contribution < -0.4 is 0 Å². The third-order valence-electron chi connectivity index (χ3n) is 2.56. The Morgan fingerprint density at radius 3 is 2.82 bits per heavy atom. The highest BCUT2D eigenvalue weighted by atomic mass is 16.5. The van der Waals surface area contributed by atoms with E-state index in [0.717, 1.165) is 17.3 Å². The van der Waals surface area contributed by atoms with Crippen molar-refractivity contribution in [2.24, 2.45) is 0 Å². The molecule has 0 unspecified atom stereocenters. The van der Waals surface area contributed by atoms with Crippen molar-refractivity contribution in [1.82, 2.24) is 9.55 Å². The van der Waals surface area contributed by atoms with Crippen molar-refractivity contribution in [3.63, 3.8) is 0 Å². The molecule has 90 valence electrons. The second-order valence-corrected chi connectivity index (χ2v) is 3.78. The number of furan rings is 1. The zero-order valence-electron chi connectivity index (χ0n) is 10.1. The number of aromatic nitrogens is 2. The van der Waals surface area contributed by atoms with Crippen LogP contribution in [-0.2, 0) is 11.3 Å². The van der Waals surface area contributed by atoms with Gasteiger partial charge in [0.2, 0.25) is 0 Å². The molecular weight excluding hydrogens is 220 g/mol. The monoisotopic (exact) mass is 234 g/mol. The first-order valence-corrected chi connectivity index (χ1v) is 5.27. The molecule has 0 aliphatic rings. The van der Waals surface area contributed by atoms with Crippen LogP contribution in [0.25, 0.3) is 0 Å². The first-order chi connectivity index (χ1) is 8.11. The van der Waals surface area contributed by atoms with Gasteiger partial charge < -0.3 is 13.7 Å². The average molecular weight is 234 g/mol. The van der Waals surface area contributed by atoms with Crippen LogP contribution in [0.1, 0.15) is 27.8 Å². The van der Waals surface area contributed by atoms with Crippen LogP contribution in [0, 0.1) is 13.8 Å². The molecule has 0 saturated carbocycles. The van der Waals surface area contributed by atoms with Gasteiger partial charge in [0.25, 0.3) is 0 Å². The van der Waals surface area contributed by atoms with Crippen LogP contribution in [0.2, 0.25) is 0 Å². The average Bonchev–Trinajstić information content (AvgIpc) is 2.87. The number of carbonyl (C=O) groups is 1. The summed E-state index contributed by atoms with van der Waals surface area (Å²) in [4.78, 5) is 15.6. The molecule has 0 fully saturated rings. The predicted molar refractivity (Wildman–Crippen MR) is 60.9 cm³/mol. The summed E-state index contributed by atoms with van der Waals surface area (Å²) < 4.78 is 12.0. The van der Waals surface area contributed by atoms with E-state index in [1.807, 2.05) is 26.0 Å². The molecule has 2 aromatic heterocycles. The van der Waals surface area contributed by atoms with E-state index in [-0.39, 0.29) is 0 Å². The zero-order chi connectivity index (χ0) is 12.4. The molecular formula is C12H14N2O3. The van der Waals surface area contributed by atoms with Crippen molar-refractivity contribution in [2.75, 3.05) is 7.11 Å². The van der Waals surface area contributed by atoms with Gasteiger partial charge in [0.1, 0.15) is 23.0 Å². The number of carbonyl (C=O) groups excluding carboxylic acids is 1. The Morgan fingerprint density at radius 2 is 2.24 bits per heavy atom. The minimum Gasteiger partial charge on any atom is -0.464 e. The van der Waals surface area contributed by atoms with Gasteiger partial charge in [-0.2, -0.15) is 0 Å². The topological polar surface area (TPSA) is 57.3 Å². The van der Waals surface area contributed by atoms with Gasteiger partial charge in [-0.25, -0.2) is 9.78 Å². The van der Waals surface area contributed by atoms with Gasteiger partial charge in [-0.3, -0.25) is 0 Å². The highest BCUT2D eigenvalue weighted by Crippen LogP contribution is 2.13. The van der Waals surface area contributed by atoms with Crippen molar-refractivity contribution < 1.29 is 13.9 Å². The fourth-order valence-corrected chi connectivity index (χ4v) is 1.66. The summed E-state index contributed by atoms with van der Waals surface area (Å²) in [7, 11) is 1.35. The molecule has 0 amide bonds. The van der Waals surface area contributed by atoms with Gasteiger partial charge in [0.15, 0.2) is 0 Å². The maximum atomic E-state index is 11.5. The van der Waals surface area contributed by atoms with Crippen LogP contribution in [0.3, 0.4) is 0 Å². The van der Waals surface area contributed by atoms with Crippen molar-refractivity contribution in [2.45, 2.75) is 20.4 Å². The molecule has 2 rings (SSSR count). The number of esters is 1. The number of hydrogen-bond donors (Lipinski definition) is 0. The third-order valence-corrected chi connectivity index (χ3v) is 2.56. The van der Waals surface area contributed by atoms with Crippen molar-refractivity contribution in [3.8, 4) is 0 Å². The molecule has 0 N–H and O–H groups in total. The van der Waals surface area contributed by atoms with Gasteiger partial charge in [0.05, 0.1) is 19.9 Å². The fraction of sp³-hybridized carbons (Fsp3) is 0.333. The Labute approximate surface area is 99.0 Å². The lowest BCUT2D eigenvalue weighted by Gasteiger charge is -2.06. The molecule has 2 heterocycles. The van der Waals surface area contributed by atoms with Crippen LogP contribution in [-0.4, -0.2) is 22.6 Å². The summed E-state index contributed by atoms with van der Waals surface area (Å²) in [5.41, 5.74) is 0.430. The third kappa shape index (κ3) is 2.22. The van der Waals surface area contributed by atoms with E-state index in [4.69, 9.17) is 9.15 Å². The molecule has 0 radical (unpaired) electrons. The number of imidazole rings is 1. The highest BCUT2D eigenvalue weighted by molar-refractivity contribution is 5.87. The molecule has 0 atom stereocenters. The molecule has 0 aliphatic heterocycles. The van der Waals surface area contributed by atoms with Crippen molar-refractivity contribution in [1.29, 1.82) is 0 Å². The first-order valence-electron chi connectivity index (χ1n) is 5.27. The van der Waals surface area contributed by atoms with Crippen LogP contribution in [0.5, 0.6) is 0 Å². The summed E-state index contributed by atoms with van der Waals surface area (Å²) in [6.07, 6.45) is 1.51. The largest absolute Gasteiger partial charge is 0.464 e. The normalized spacial score (nSPS) is 10.5. The van der Waals surface area contributed by atoms with E-state index in [0.29, 0.717) is 12.2 Å². The summed E-state index contributed by atoms with van der Waals surface area (Å²) in [5.74, 6) is 1.99. The van der Waals surface area contributed by atoms with Crippen molar-refractivity contribution in [3.05, 3.63) is 41.4 Å². The molecule has 0 spiro atoms. The van der Waals surface area contributed by atoms with Crippen LogP contribution in [0.4, 0.5) is 0 Å². The van der Waals surface area contributed by atoms with Gasteiger partial charge in [-0.1, -0.05) is 0 Å². The van der Waals surface area contributed by atoms with E-state index in [1.54, 1.807) is 4.57 Å². The van der Waals surface area contributed by atoms with E-state index in [1.165, 1.54) is 13.3 Å². The molecule has 0 saturated heterocycles. The lowest BCUT2D eigenvalue weighted by molar-refractivity contribution is 0.0588. The number of hydrogen-bond acceptors (Lipinski definition) is 4. The minimum absolute atomic E-state index is 0.395. The number of ether oxygens (including phenoxy) is 1. The highest BCUT2D eigenvalue weighted by Gasteiger charge is 2.15. The van der Waals surface area contributed by atoms with E-state index >= 15 is 0 Å². The SMILES string of the molecule is COC(=O)c1cnc(C)n1Cc1ccc(C)o1. The van der Waals surface area contributed by atoms with Crippen molar-refractivity contribution >= 4 is 5.97 Å². The molecule has 5 nitrogen and oxygen atoms in total. The Morgan fingerprint density at radius 1 is 1.47 bits per heavy atom. The first kappa shape index (κ1) is 11.4. The Kier molecular flexibility index (Phi) is 2.99. The predicted octanol–water partition coefficient (Wildman–Crippen LogP) is 1.93. The quantitative estimate of drug-likeness (QED) is 0.761. The lowest BCUT2D eigenvalue weighted by Crippen LogP contribution is -2.12. The lowest BCUT2D eigenvalue weighted by atomic mass is 10.4. The van der Waals surface area contributed by atoms with Gasteiger partial charge >= 0.3 is 5.97 Å². The number of aryl methyl sites for hydroxylation is 2. The summed E-state index contributed by atoms with van der Waals surface area (Å²) >= 11 is 0. The number of nitrogens with zero attached hydrogens (tertiary/aromatic N) is 2. The zero-order valence-corrected chi connectivity index (χ0v) is 10.1. The smallest absolute Gasteiger partial charge is 0.356 e. The Bertz CT molecular complexity index is 540. The summed E-state index contributed by atoms with van der Waals surface area (Å²) in [5, 5.41) is 0. The minimum atomic E-state index is -0.395. The molecule has 2 aromatic rings. The second-order valence-electron chi connectivity index (χ2n) is 3.78. The van der Waals surface area contributed by atoms with E-state index in [9.17, 15) is 4.79 Å². The summed E-state index contributed by atoms with van der Waals surface area (Å²) in [6, 6.07) is 3.77. The molecule has 0 aliphatic carbocycles. The maximum Gasteiger partial charge on any atom is 0.356 e. The van der Waals surface area contributed by atoms with Gasteiger partial charge in [0, 0.05) is 0 Å². The van der Waals surface area contributed by atoms with E-state index < -0.39 is 5.97 Å². The van der Waals surface area contributed by atoms with E-state index in [2.05, 4.69) is 4.98 Å². The standard InChI is InChI=1S/C12H14N2O3/c1-8-4-5-10(17-8)7-14-9(2)13-6-11(14)12(15)16-3/h4-6H,7H2,1-3H3. The maximum absolute atomic E-state index is 11.5.